The first-order valence-electron chi connectivity index (χ1n) is 9.88. The van der Waals surface area contributed by atoms with E-state index in [1.165, 1.54) is 29.3 Å². The van der Waals surface area contributed by atoms with Gasteiger partial charge in [0.25, 0.3) is 0 Å². The molecule has 0 atom stereocenters. The minimum Gasteiger partial charge on any atom is -0.485 e. The summed E-state index contributed by atoms with van der Waals surface area (Å²) in [4.78, 5) is 0. The number of ether oxygens (including phenoxy) is 2. The molecule has 0 aliphatic rings. The van der Waals surface area contributed by atoms with E-state index in [4.69, 9.17) is 9.47 Å². The summed E-state index contributed by atoms with van der Waals surface area (Å²) in [5, 5.41) is 0. The molecule has 0 aliphatic heterocycles. The summed E-state index contributed by atoms with van der Waals surface area (Å²) >= 11 is 2.45. The summed E-state index contributed by atoms with van der Waals surface area (Å²) in [6.07, 6.45) is 4.71. The van der Waals surface area contributed by atoms with Crippen molar-refractivity contribution in [3.8, 4) is 11.5 Å². The molecule has 0 amide bonds. The molecule has 0 fully saturated rings. The summed E-state index contributed by atoms with van der Waals surface area (Å²) in [6.45, 7) is 1.09. The molecule has 3 rings (SSSR count). The van der Waals surface area contributed by atoms with E-state index in [-0.39, 0.29) is 0 Å². The zero-order chi connectivity index (χ0) is 19.4. The molecule has 3 aromatic carbocycles. The van der Waals surface area contributed by atoms with E-state index in [1.807, 2.05) is 42.5 Å². The average Bonchev–Trinajstić information content (AvgIpc) is 2.76. The van der Waals surface area contributed by atoms with Gasteiger partial charge in [-0.15, -0.1) is 0 Å². The summed E-state index contributed by atoms with van der Waals surface area (Å²) in [6, 6.07) is 26.8. The lowest BCUT2D eigenvalue weighted by molar-refractivity contribution is 0.253. The smallest absolute Gasteiger partial charge is 0.164 e. The zero-order valence-corrected chi connectivity index (χ0v) is 18.3. The van der Waals surface area contributed by atoms with E-state index < -0.39 is 0 Å². The van der Waals surface area contributed by atoms with Gasteiger partial charge in [0.05, 0.1) is 0 Å². The Balaban J connectivity index is 1.74. The molecule has 3 aromatic rings. The number of para-hydroxylation sites is 1. The van der Waals surface area contributed by atoms with Crippen molar-refractivity contribution >= 4 is 22.6 Å². The van der Waals surface area contributed by atoms with E-state index >= 15 is 0 Å². The van der Waals surface area contributed by atoms with Crippen LogP contribution >= 0.6 is 22.6 Å². The van der Waals surface area contributed by atoms with Crippen LogP contribution in [0.3, 0.4) is 0 Å². The Bertz CT molecular complexity index is 818. The number of hydrogen-bond donors (Lipinski definition) is 0. The van der Waals surface area contributed by atoms with Gasteiger partial charge in [-0.3, -0.25) is 0 Å². The van der Waals surface area contributed by atoms with Gasteiger partial charge >= 0.3 is 0 Å². The van der Waals surface area contributed by atoms with Crippen LogP contribution in [-0.2, 0) is 19.6 Å². The molecule has 0 radical (unpaired) electrons. The van der Waals surface area contributed by atoms with E-state index in [0.717, 1.165) is 29.0 Å². The highest BCUT2D eigenvalue weighted by molar-refractivity contribution is 14.1. The lowest BCUT2D eigenvalue weighted by atomic mass is 10.1. The second kappa shape index (κ2) is 11.7. The molecule has 0 saturated heterocycles. The van der Waals surface area contributed by atoms with Gasteiger partial charge in [0, 0.05) is 0 Å². The highest BCUT2D eigenvalue weighted by Crippen LogP contribution is 2.34. The largest absolute Gasteiger partial charge is 0.485 e. The fraction of sp³-hybridized carbons (Fsp3) is 0.280. The zero-order valence-electron chi connectivity index (χ0n) is 16.1. The SMILES string of the molecule is ICCCCCc1cccc(OCc2ccccc2)c1OCc1ccccc1. The summed E-state index contributed by atoms with van der Waals surface area (Å²) < 4.78 is 13.6. The third-order valence-corrected chi connectivity index (χ3v) is 5.37. The number of rotatable bonds is 11. The molecule has 0 aromatic heterocycles. The molecular weight excluding hydrogens is 459 g/mol. The van der Waals surface area contributed by atoms with Gasteiger partial charge in [0.2, 0.25) is 0 Å². The van der Waals surface area contributed by atoms with Crippen LogP contribution in [0.2, 0.25) is 0 Å². The average molecular weight is 486 g/mol. The van der Waals surface area contributed by atoms with Crippen LogP contribution in [0.25, 0.3) is 0 Å². The number of unbranched alkanes of at least 4 members (excludes halogenated alkanes) is 2. The summed E-state index contributed by atoms with van der Waals surface area (Å²) in [5.74, 6) is 1.71. The first-order chi connectivity index (χ1) is 13.9. The van der Waals surface area contributed by atoms with Gasteiger partial charge in [-0.05, 0) is 46.4 Å². The van der Waals surface area contributed by atoms with Gasteiger partial charge in [0.15, 0.2) is 11.5 Å². The Morgan fingerprint density at radius 2 is 1.25 bits per heavy atom. The van der Waals surface area contributed by atoms with Crippen molar-refractivity contribution in [1.82, 2.24) is 0 Å². The number of halogens is 1. The molecule has 28 heavy (non-hydrogen) atoms. The second-order valence-corrected chi connectivity index (χ2v) is 7.87. The van der Waals surface area contributed by atoms with Crippen molar-refractivity contribution < 1.29 is 9.47 Å². The van der Waals surface area contributed by atoms with Gasteiger partial charge < -0.3 is 9.47 Å². The fourth-order valence-electron chi connectivity index (χ4n) is 3.09. The Labute approximate surface area is 182 Å². The lowest BCUT2D eigenvalue weighted by Gasteiger charge is -2.17. The maximum Gasteiger partial charge on any atom is 0.164 e. The molecular formula is C25H27IO2. The van der Waals surface area contributed by atoms with E-state index in [9.17, 15) is 0 Å². The molecule has 0 bridgehead atoms. The quantitative estimate of drug-likeness (QED) is 0.165. The van der Waals surface area contributed by atoms with Crippen LogP contribution in [0.5, 0.6) is 11.5 Å². The van der Waals surface area contributed by atoms with E-state index in [1.54, 1.807) is 0 Å². The van der Waals surface area contributed by atoms with Gasteiger partial charge in [-0.2, -0.15) is 0 Å². The second-order valence-electron chi connectivity index (χ2n) is 6.79. The van der Waals surface area contributed by atoms with Crippen LogP contribution in [0, 0.1) is 0 Å². The highest BCUT2D eigenvalue weighted by Gasteiger charge is 2.12. The van der Waals surface area contributed by atoms with Gasteiger partial charge in [0.1, 0.15) is 13.2 Å². The molecule has 2 nitrogen and oxygen atoms in total. The molecule has 3 heteroatoms. The van der Waals surface area contributed by atoms with Crippen molar-refractivity contribution in [3.05, 3.63) is 95.6 Å². The van der Waals surface area contributed by atoms with E-state index in [2.05, 4.69) is 59.0 Å². The van der Waals surface area contributed by atoms with Crippen molar-refractivity contribution in [2.24, 2.45) is 0 Å². The summed E-state index contributed by atoms with van der Waals surface area (Å²) in [5.41, 5.74) is 3.55. The van der Waals surface area contributed by atoms with E-state index in [0.29, 0.717) is 13.2 Å². The van der Waals surface area contributed by atoms with Crippen LogP contribution in [0.15, 0.2) is 78.9 Å². The molecule has 0 aliphatic carbocycles. The monoisotopic (exact) mass is 486 g/mol. The number of alkyl halides is 1. The van der Waals surface area contributed by atoms with Crippen molar-refractivity contribution in [3.63, 3.8) is 0 Å². The minimum absolute atomic E-state index is 0.542. The third-order valence-electron chi connectivity index (χ3n) is 4.60. The number of hydrogen-bond acceptors (Lipinski definition) is 2. The molecule has 0 N–H and O–H groups in total. The predicted octanol–water partition coefficient (Wildman–Crippen LogP) is 6.99. The molecule has 0 heterocycles. The Morgan fingerprint density at radius 3 is 1.89 bits per heavy atom. The maximum absolute atomic E-state index is 6.27. The van der Waals surface area contributed by atoms with Crippen molar-refractivity contribution in [2.45, 2.75) is 38.9 Å². The maximum atomic E-state index is 6.27. The Hall–Kier alpha value is -2.01. The molecule has 0 unspecified atom stereocenters. The molecule has 0 spiro atoms. The third kappa shape index (κ3) is 6.55. The van der Waals surface area contributed by atoms with Gasteiger partial charge in [-0.25, -0.2) is 0 Å². The Kier molecular flexibility index (Phi) is 8.69. The predicted molar refractivity (Wildman–Crippen MR) is 124 cm³/mol. The van der Waals surface area contributed by atoms with Crippen molar-refractivity contribution in [1.29, 1.82) is 0 Å². The standard InChI is InChI=1S/C25H27IO2/c26-18-9-3-8-15-23-16-10-17-24(27-19-21-11-4-1-5-12-21)25(23)28-20-22-13-6-2-7-14-22/h1-2,4-7,10-14,16-17H,3,8-9,15,18-20H2. The fourth-order valence-corrected chi connectivity index (χ4v) is 3.63. The molecule has 0 saturated carbocycles. The van der Waals surface area contributed by atoms with Crippen molar-refractivity contribution in [2.75, 3.05) is 4.43 Å². The lowest BCUT2D eigenvalue weighted by Crippen LogP contribution is -2.03. The highest BCUT2D eigenvalue weighted by atomic mass is 127. The first-order valence-corrected chi connectivity index (χ1v) is 11.4. The number of benzene rings is 3. The van der Waals surface area contributed by atoms with Crippen LogP contribution < -0.4 is 9.47 Å². The topological polar surface area (TPSA) is 18.5 Å². The van der Waals surface area contributed by atoms with Crippen LogP contribution in [-0.4, -0.2) is 4.43 Å². The molecule has 146 valence electrons. The number of aryl methyl sites for hydroxylation is 1. The van der Waals surface area contributed by atoms with Gasteiger partial charge in [-0.1, -0.05) is 102 Å². The minimum atomic E-state index is 0.542. The first kappa shape index (κ1) is 20.7. The summed E-state index contributed by atoms with van der Waals surface area (Å²) in [7, 11) is 0. The Morgan fingerprint density at radius 1 is 0.607 bits per heavy atom. The van der Waals surface area contributed by atoms with Crippen LogP contribution in [0.1, 0.15) is 36.0 Å². The normalized spacial score (nSPS) is 10.6. The van der Waals surface area contributed by atoms with Crippen LogP contribution in [0.4, 0.5) is 0 Å².